The molecule has 0 radical (unpaired) electrons. The Morgan fingerprint density at radius 1 is 0.446 bits per heavy atom. The molecule has 4 heteroatoms. The number of nitrogens with one attached hydrogen (secondary N) is 2. The molecule has 0 saturated heterocycles. The van der Waals surface area contributed by atoms with Crippen LogP contribution in [0.5, 0.6) is 0 Å². The Morgan fingerprint density at radius 2 is 0.811 bits per heavy atom. The summed E-state index contributed by atoms with van der Waals surface area (Å²) in [6.45, 7) is 32.1. The van der Waals surface area contributed by atoms with Crippen molar-refractivity contribution in [2.45, 2.75) is 133 Å². The highest BCUT2D eigenvalue weighted by Crippen LogP contribution is 2.45. The fraction of sp³-hybridized carbons (Fsp3) is 0.286. The van der Waals surface area contributed by atoms with Crippen molar-refractivity contribution in [1.82, 2.24) is 19.9 Å². The summed E-state index contributed by atoms with van der Waals surface area (Å²) in [6.07, 6.45) is 8.96. The molecule has 4 nitrogen and oxygen atoms in total. The number of aryl methyl sites for hydroxylation is 4. The number of benzene rings is 4. The van der Waals surface area contributed by atoms with Gasteiger partial charge in [-0.2, -0.15) is 0 Å². The van der Waals surface area contributed by atoms with Crippen molar-refractivity contribution in [3.05, 3.63) is 187 Å². The lowest BCUT2D eigenvalue weighted by atomic mass is 9.78. The van der Waals surface area contributed by atoms with Crippen LogP contribution in [0.1, 0.15) is 180 Å². The van der Waals surface area contributed by atoms with Gasteiger partial charge in [0.25, 0.3) is 0 Å². The molecule has 0 aliphatic carbocycles. The molecule has 0 amide bonds. The first-order valence-corrected chi connectivity index (χ1v) is 26.5. The normalized spacial score (nSPS) is 12.6. The van der Waals surface area contributed by atoms with Crippen molar-refractivity contribution in [3.63, 3.8) is 0 Å². The molecular weight excluding hydrogens is 897 g/mol. The third-order valence-corrected chi connectivity index (χ3v) is 15.2. The molecule has 2 N–H and O–H groups in total. The van der Waals surface area contributed by atoms with Crippen molar-refractivity contribution in [2.24, 2.45) is 0 Å². The van der Waals surface area contributed by atoms with E-state index in [9.17, 15) is 0 Å². The summed E-state index contributed by atoms with van der Waals surface area (Å²) in [4.78, 5) is 19.5. The Hall–Kier alpha value is -7.84. The number of hydrogen-bond acceptors (Lipinski definition) is 2. The first kappa shape index (κ1) is 51.1. The first-order valence-electron chi connectivity index (χ1n) is 26.5. The van der Waals surface area contributed by atoms with Crippen LogP contribution < -0.4 is 0 Å². The Labute approximate surface area is 441 Å². The van der Waals surface area contributed by atoms with E-state index in [1.54, 1.807) is 0 Å². The van der Waals surface area contributed by atoms with E-state index in [-0.39, 0.29) is 10.8 Å². The molecule has 4 aromatic carbocycles. The molecule has 9 rings (SSSR count). The Balaban J connectivity index is 1.27. The van der Waals surface area contributed by atoms with Gasteiger partial charge in [-0.15, -0.1) is 6.42 Å². The molecule has 0 saturated carbocycles. The van der Waals surface area contributed by atoms with Crippen molar-refractivity contribution in [3.8, 4) is 58.3 Å². The molecule has 0 unspecified atom stereocenters. The fourth-order valence-electron chi connectivity index (χ4n) is 10.8. The van der Waals surface area contributed by atoms with Crippen LogP contribution in [0.2, 0.25) is 0 Å². The fourth-order valence-corrected chi connectivity index (χ4v) is 10.8. The van der Waals surface area contributed by atoms with E-state index in [1.165, 1.54) is 66.8 Å². The number of H-pyrrole nitrogens is 2. The second-order valence-corrected chi connectivity index (χ2v) is 22.1. The zero-order valence-corrected chi connectivity index (χ0v) is 46.1. The molecule has 2 aliphatic heterocycles. The van der Waals surface area contributed by atoms with Gasteiger partial charge in [0.15, 0.2) is 0 Å². The van der Waals surface area contributed by atoms with E-state index in [0.29, 0.717) is 0 Å². The number of nitrogens with zero attached hydrogens (tertiary/aromatic N) is 2. The molecule has 2 aliphatic rings. The Bertz CT molecular complexity index is 3640. The third-order valence-electron chi connectivity index (χ3n) is 15.2. The number of terminal acetylenes is 1. The van der Waals surface area contributed by atoms with Crippen LogP contribution in [-0.2, 0) is 23.7 Å². The van der Waals surface area contributed by atoms with Crippen molar-refractivity contribution in [2.75, 3.05) is 0 Å². The molecule has 0 spiro atoms. The van der Waals surface area contributed by atoms with Crippen molar-refractivity contribution < 1.29 is 0 Å². The van der Waals surface area contributed by atoms with E-state index in [4.69, 9.17) is 16.4 Å². The minimum Gasteiger partial charge on any atom is -0.354 e. The van der Waals surface area contributed by atoms with Gasteiger partial charge in [-0.25, -0.2) is 9.97 Å². The van der Waals surface area contributed by atoms with E-state index < -0.39 is 0 Å². The smallest absolute Gasteiger partial charge is 0.0769 e. The average Bonchev–Trinajstić information content (AvgIpc) is 4.07. The minimum atomic E-state index is -0.0496. The summed E-state index contributed by atoms with van der Waals surface area (Å²) in [7, 11) is 0. The maximum absolute atomic E-state index is 5.67. The quantitative estimate of drug-likeness (QED) is 0.163. The van der Waals surface area contributed by atoms with Crippen LogP contribution in [0.4, 0.5) is 0 Å². The van der Waals surface area contributed by atoms with Gasteiger partial charge in [0, 0.05) is 50.0 Å². The number of rotatable bonds is 6. The van der Waals surface area contributed by atoms with Gasteiger partial charge in [-0.05, 0) is 204 Å². The van der Waals surface area contributed by atoms with Crippen LogP contribution in [0.15, 0.2) is 103 Å². The molecule has 74 heavy (non-hydrogen) atoms. The second kappa shape index (κ2) is 20.2. The highest BCUT2D eigenvalue weighted by atomic mass is 14.8. The standard InChI is InChI=1S/C70H70N4/c1-16-46-21-23-47(24-22-46)25-26-48-27-29-49(30-28-48)31-32-50-33-35-51(36-34-50)63-65-42(6)55(17-2)59(71-65)40-61-57(19-4)44(8)67(73-61)64(52-37-53(69(10,11)12)39-54(38-52)70(13,14)15)68-45(9)58(20-5)62(74-68)41-60-56(18-3)43(7)66(63)72-60/h1,21-24,27-30,33-41,73-74H,17-20H2,2-15H3. The van der Waals surface area contributed by atoms with Crippen LogP contribution in [0, 0.1) is 49.9 Å². The van der Waals surface area contributed by atoms with E-state index in [1.807, 2.05) is 48.5 Å². The molecule has 370 valence electrons. The molecule has 5 heterocycles. The predicted molar refractivity (Wildman–Crippen MR) is 316 cm³/mol. The summed E-state index contributed by atoms with van der Waals surface area (Å²) in [5, 5.41) is 0. The van der Waals surface area contributed by atoms with Gasteiger partial charge in [0.1, 0.15) is 0 Å². The van der Waals surface area contributed by atoms with Crippen molar-refractivity contribution in [1.29, 1.82) is 0 Å². The molecular formula is C70H70N4. The summed E-state index contributed by atoms with van der Waals surface area (Å²) in [5.74, 6) is 15.9. The number of allylic oxidation sites excluding steroid dienone is 4. The van der Waals surface area contributed by atoms with Gasteiger partial charge in [0.05, 0.1) is 33.8 Å². The zero-order chi connectivity index (χ0) is 52.8. The van der Waals surface area contributed by atoms with Crippen LogP contribution >= 0.6 is 0 Å². The topological polar surface area (TPSA) is 57.4 Å². The first-order chi connectivity index (χ1) is 35.3. The molecule has 8 bridgehead atoms. The average molecular weight is 967 g/mol. The summed E-state index contributed by atoms with van der Waals surface area (Å²) < 4.78 is 0. The van der Waals surface area contributed by atoms with Crippen LogP contribution in [0.3, 0.4) is 0 Å². The molecule has 3 aromatic heterocycles. The van der Waals surface area contributed by atoms with Gasteiger partial charge < -0.3 is 9.97 Å². The van der Waals surface area contributed by atoms with Gasteiger partial charge in [-0.3, -0.25) is 0 Å². The maximum Gasteiger partial charge on any atom is 0.0769 e. The number of aromatic nitrogens is 4. The SMILES string of the molecule is C#Cc1ccc(C#Cc2ccc(C#Cc3ccc(-c4c5nc(cc6[nH]c(c(C)c6CC)c(-c6cc(C(C)(C)C)cc(C(C)(C)C)c6)c6[nH]c(cc7nc4C(C)=C7CC)c(CC)c6C)C(CC)=C5C)cc3)cc2)cc1. The van der Waals surface area contributed by atoms with Crippen molar-refractivity contribution >= 4 is 44.4 Å². The number of aromatic amines is 2. The second-order valence-electron chi connectivity index (χ2n) is 22.1. The van der Waals surface area contributed by atoms with Crippen LogP contribution in [-0.4, -0.2) is 19.9 Å². The van der Waals surface area contributed by atoms with Gasteiger partial charge in [0.2, 0.25) is 0 Å². The molecule has 0 fully saturated rings. The van der Waals surface area contributed by atoms with E-state index in [0.717, 1.165) is 109 Å². The summed E-state index contributed by atoms with van der Waals surface area (Å²) in [6, 6.07) is 36.4. The molecule has 0 atom stereocenters. The lowest BCUT2D eigenvalue weighted by molar-refractivity contribution is 0.569. The minimum absolute atomic E-state index is 0.0496. The van der Waals surface area contributed by atoms with E-state index in [2.05, 4.69) is 191 Å². The number of hydrogen-bond donors (Lipinski definition) is 2. The maximum atomic E-state index is 5.67. The monoisotopic (exact) mass is 967 g/mol. The van der Waals surface area contributed by atoms with E-state index >= 15 is 0 Å². The Kier molecular flexibility index (Phi) is 14.0. The highest BCUT2D eigenvalue weighted by molar-refractivity contribution is 6.03. The largest absolute Gasteiger partial charge is 0.354 e. The lowest BCUT2D eigenvalue weighted by Gasteiger charge is -2.26. The highest BCUT2D eigenvalue weighted by Gasteiger charge is 2.28. The number of fused-ring (bicyclic) bond motifs is 8. The lowest BCUT2D eigenvalue weighted by Crippen LogP contribution is -2.16. The van der Waals surface area contributed by atoms with Gasteiger partial charge >= 0.3 is 0 Å². The summed E-state index contributed by atoms with van der Waals surface area (Å²) >= 11 is 0. The third kappa shape index (κ3) is 9.73. The van der Waals surface area contributed by atoms with Crippen LogP contribution in [0.25, 0.3) is 66.6 Å². The summed E-state index contributed by atoms with van der Waals surface area (Å²) in [5.41, 5.74) is 30.1. The Morgan fingerprint density at radius 3 is 1.15 bits per heavy atom. The zero-order valence-electron chi connectivity index (χ0n) is 46.1. The predicted octanol–water partition coefficient (Wildman–Crippen LogP) is 17.4. The molecule has 7 aromatic rings. The van der Waals surface area contributed by atoms with Gasteiger partial charge in [-0.1, -0.05) is 129 Å².